The van der Waals surface area contributed by atoms with Crippen LogP contribution in [-0.4, -0.2) is 34.0 Å². The molecule has 0 aliphatic heterocycles. The van der Waals surface area contributed by atoms with E-state index in [4.69, 9.17) is 5.11 Å². The van der Waals surface area contributed by atoms with E-state index in [9.17, 15) is 4.79 Å². The SMILES string of the molecule is CCC(C(=O)O)N(C)Cc1ccc(C)nc1. The van der Waals surface area contributed by atoms with E-state index < -0.39 is 12.0 Å². The number of carboxylic acid groups (broad SMARTS) is 1. The fourth-order valence-corrected chi connectivity index (χ4v) is 1.66. The summed E-state index contributed by atoms with van der Waals surface area (Å²) in [4.78, 5) is 17.0. The van der Waals surface area contributed by atoms with Crippen LogP contribution in [0.15, 0.2) is 18.3 Å². The number of hydrogen-bond acceptors (Lipinski definition) is 3. The quantitative estimate of drug-likeness (QED) is 0.823. The van der Waals surface area contributed by atoms with Gasteiger partial charge in [-0.1, -0.05) is 13.0 Å². The summed E-state index contributed by atoms with van der Waals surface area (Å²) >= 11 is 0. The first kappa shape index (κ1) is 12.6. The third-order valence-corrected chi connectivity index (χ3v) is 2.61. The first-order chi connectivity index (χ1) is 7.54. The summed E-state index contributed by atoms with van der Waals surface area (Å²) in [7, 11) is 1.82. The van der Waals surface area contributed by atoms with Crippen molar-refractivity contribution in [1.29, 1.82) is 0 Å². The van der Waals surface area contributed by atoms with Crippen LogP contribution in [0.4, 0.5) is 0 Å². The van der Waals surface area contributed by atoms with Crippen LogP contribution in [0.25, 0.3) is 0 Å². The minimum absolute atomic E-state index is 0.429. The lowest BCUT2D eigenvalue weighted by Gasteiger charge is -2.23. The Hall–Kier alpha value is -1.42. The van der Waals surface area contributed by atoms with Crippen molar-refractivity contribution >= 4 is 5.97 Å². The van der Waals surface area contributed by atoms with Crippen molar-refractivity contribution in [3.8, 4) is 0 Å². The van der Waals surface area contributed by atoms with Crippen LogP contribution in [0.1, 0.15) is 24.6 Å². The molecule has 1 heterocycles. The molecule has 0 saturated heterocycles. The molecule has 4 heteroatoms. The minimum atomic E-state index is -0.773. The molecule has 1 rings (SSSR count). The number of carboxylic acids is 1. The zero-order chi connectivity index (χ0) is 12.1. The summed E-state index contributed by atoms with van der Waals surface area (Å²) in [5.74, 6) is -0.773. The molecule has 1 atom stereocenters. The fraction of sp³-hybridized carbons (Fsp3) is 0.500. The molecule has 0 spiro atoms. The molecule has 1 aromatic rings. The smallest absolute Gasteiger partial charge is 0.320 e. The van der Waals surface area contributed by atoms with Crippen LogP contribution in [0.3, 0.4) is 0 Å². The lowest BCUT2D eigenvalue weighted by molar-refractivity contribution is -0.143. The number of carbonyl (C=O) groups is 1. The van der Waals surface area contributed by atoms with Gasteiger partial charge in [-0.2, -0.15) is 0 Å². The number of rotatable bonds is 5. The van der Waals surface area contributed by atoms with Gasteiger partial charge in [-0.3, -0.25) is 14.7 Å². The van der Waals surface area contributed by atoms with Gasteiger partial charge in [0.2, 0.25) is 0 Å². The Morgan fingerprint density at radius 2 is 2.25 bits per heavy atom. The molecule has 1 aromatic heterocycles. The van der Waals surface area contributed by atoms with Crippen LogP contribution in [0.5, 0.6) is 0 Å². The third kappa shape index (κ3) is 3.31. The topological polar surface area (TPSA) is 53.4 Å². The highest BCUT2D eigenvalue weighted by Gasteiger charge is 2.20. The molecule has 0 aromatic carbocycles. The maximum atomic E-state index is 11.0. The Bertz CT molecular complexity index is 349. The normalized spacial score (nSPS) is 12.8. The van der Waals surface area contributed by atoms with Crippen LogP contribution in [-0.2, 0) is 11.3 Å². The standard InChI is InChI=1S/C12H18N2O2/c1-4-11(12(15)16)14(3)8-10-6-5-9(2)13-7-10/h5-7,11H,4,8H2,1-3H3,(H,15,16). The van der Waals surface area contributed by atoms with Gasteiger partial charge in [0.25, 0.3) is 0 Å². The van der Waals surface area contributed by atoms with E-state index in [1.807, 2.05) is 37.9 Å². The van der Waals surface area contributed by atoms with Crippen molar-refractivity contribution in [3.63, 3.8) is 0 Å². The van der Waals surface area contributed by atoms with Crippen LogP contribution < -0.4 is 0 Å². The number of aryl methyl sites for hydroxylation is 1. The maximum absolute atomic E-state index is 11.0. The largest absolute Gasteiger partial charge is 0.480 e. The lowest BCUT2D eigenvalue weighted by Crippen LogP contribution is -2.37. The number of nitrogens with zero attached hydrogens (tertiary/aromatic N) is 2. The highest BCUT2D eigenvalue weighted by atomic mass is 16.4. The van der Waals surface area contributed by atoms with E-state index in [-0.39, 0.29) is 0 Å². The van der Waals surface area contributed by atoms with Gasteiger partial charge >= 0.3 is 5.97 Å². The summed E-state index contributed by atoms with van der Waals surface area (Å²) in [6.45, 7) is 4.42. The number of aliphatic carboxylic acids is 1. The molecule has 1 unspecified atom stereocenters. The van der Waals surface area contributed by atoms with Gasteiger partial charge in [0.05, 0.1) is 0 Å². The molecule has 0 radical (unpaired) electrons. The van der Waals surface area contributed by atoms with Crippen molar-refractivity contribution in [2.24, 2.45) is 0 Å². The first-order valence-corrected chi connectivity index (χ1v) is 5.39. The van der Waals surface area contributed by atoms with Gasteiger partial charge in [-0.05, 0) is 32.0 Å². The Kier molecular flexibility index (Phi) is 4.43. The molecule has 4 nitrogen and oxygen atoms in total. The highest BCUT2D eigenvalue weighted by Crippen LogP contribution is 2.08. The maximum Gasteiger partial charge on any atom is 0.320 e. The van der Waals surface area contributed by atoms with E-state index in [1.54, 1.807) is 6.20 Å². The van der Waals surface area contributed by atoms with Gasteiger partial charge in [0.15, 0.2) is 0 Å². The van der Waals surface area contributed by atoms with Gasteiger partial charge in [0.1, 0.15) is 6.04 Å². The summed E-state index contributed by atoms with van der Waals surface area (Å²) in [5.41, 5.74) is 2.00. The van der Waals surface area contributed by atoms with Crippen molar-refractivity contribution < 1.29 is 9.90 Å². The van der Waals surface area contributed by atoms with Crippen LogP contribution >= 0.6 is 0 Å². The number of pyridine rings is 1. The first-order valence-electron chi connectivity index (χ1n) is 5.39. The predicted octanol–water partition coefficient (Wildman–Crippen LogP) is 1.69. The molecule has 0 aliphatic carbocycles. The molecule has 0 aliphatic rings. The number of hydrogen-bond donors (Lipinski definition) is 1. The Morgan fingerprint density at radius 3 is 2.69 bits per heavy atom. The van der Waals surface area contributed by atoms with E-state index in [0.29, 0.717) is 13.0 Å². The molecular formula is C12H18N2O2. The fourth-order valence-electron chi connectivity index (χ4n) is 1.66. The Morgan fingerprint density at radius 1 is 1.56 bits per heavy atom. The second-order valence-corrected chi connectivity index (χ2v) is 3.99. The second-order valence-electron chi connectivity index (χ2n) is 3.99. The summed E-state index contributed by atoms with van der Waals surface area (Å²) in [6.07, 6.45) is 2.39. The zero-order valence-electron chi connectivity index (χ0n) is 9.97. The van der Waals surface area contributed by atoms with Gasteiger partial charge < -0.3 is 5.11 Å². The van der Waals surface area contributed by atoms with Gasteiger partial charge in [-0.15, -0.1) is 0 Å². The van der Waals surface area contributed by atoms with Gasteiger partial charge in [0, 0.05) is 18.4 Å². The summed E-state index contributed by atoms with van der Waals surface area (Å²) in [6, 6.07) is 3.49. The minimum Gasteiger partial charge on any atom is -0.480 e. The molecule has 88 valence electrons. The average Bonchev–Trinajstić information content (AvgIpc) is 2.22. The van der Waals surface area contributed by atoms with E-state index in [0.717, 1.165) is 11.3 Å². The molecule has 0 saturated carbocycles. The van der Waals surface area contributed by atoms with Crippen molar-refractivity contribution in [2.45, 2.75) is 32.9 Å². The molecule has 0 bridgehead atoms. The van der Waals surface area contributed by atoms with E-state index >= 15 is 0 Å². The third-order valence-electron chi connectivity index (χ3n) is 2.61. The predicted molar refractivity (Wildman–Crippen MR) is 62.2 cm³/mol. The number of aromatic nitrogens is 1. The van der Waals surface area contributed by atoms with E-state index in [2.05, 4.69) is 4.98 Å². The Labute approximate surface area is 95.9 Å². The average molecular weight is 222 g/mol. The zero-order valence-corrected chi connectivity index (χ0v) is 9.97. The van der Waals surface area contributed by atoms with E-state index in [1.165, 1.54) is 0 Å². The Balaban J connectivity index is 2.66. The summed E-state index contributed by atoms with van der Waals surface area (Å²) in [5, 5.41) is 9.01. The molecule has 0 amide bonds. The van der Waals surface area contributed by atoms with Crippen LogP contribution in [0, 0.1) is 6.92 Å². The number of likely N-dealkylation sites (N-methyl/N-ethyl adjacent to an activating group) is 1. The molecule has 0 fully saturated rings. The highest BCUT2D eigenvalue weighted by molar-refractivity contribution is 5.73. The summed E-state index contributed by atoms with van der Waals surface area (Å²) < 4.78 is 0. The molecular weight excluding hydrogens is 204 g/mol. The molecule has 16 heavy (non-hydrogen) atoms. The van der Waals surface area contributed by atoms with Crippen LogP contribution in [0.2, 0.25) is 0 Å². The molecule has 1 N–H and O–H groups in total. The second kappa shape index (κ2) is 5.61. The van der Waals surface area contributed by atoms with Gasteiger partial charge in [-0.25, -0.2) is 0 Å². The lowest BCUT2D eigenvalue weighted by atomic mass is 10.1. The monoisotopic (exact) mass is 222 g/mol. The van der Waals surface area contributed by atoms with Crippen molar-refractivity contribution in [2.75, 3.05) is 7.05 Å². The van der Waals surface area contributed by atoms with Crippen molar-refractivity contribution in [1.82, 2.24) is 9.88 Å². The van der Waals surface area contributed by atoms with Crippen molar-refractivity contribution in [3.05, 3.63) is 29.6 Å².